The van der Waals surface area contributed by atoms with Crippen LogP contribution in [0, 0.1) is 11.3 Å². The summed E-state index contributed by atoms with van der Waals surface area (Å²) in [6, 6.07) is 9.97. The first-order valence-electron chi connectivity index (χ1n) is 6.03. The molecular formula is C14H15N3O. The fraction of sp³-hybridized carbons (Fsp3) is 0.357. The van der Waals surface area contributed by atoms with Crippen molar-refractivity contribution in [2.24, 2.45) is 0 Å². The number of hydrogen-bond donors (Lipinski definition) is 0. The number of hydrogen-bond acceptors (Lipinski definition) is 3. The van der Waals surface area contributed by atoms with Crippen molar-refractivity contribution in [1.29, 1.82) is 5.26 Å². The summed E-state index contributed by atoms with van der Waals surface area (Å²) in [4.78, 5) is 15.4. The van der Waals surface area contributed by atoms with E-state index in [2.05, 4.69) is 11.1 Å². The van der Waals surface area contributed by atoms with Crippen molar-refractivity contribution in [1.82, 2.24) is 9.55 Å². The van der Waals surface area contributed by atoms with Gasteiger partial charge < -0.3 is 9.36 Å². The SMILES string of the molecule is CC(=O)CCCn1c(CC#N)nc2ccccc21. The molecular weight excluding hydrogens is 226 g/mol. The summed E-state index contributed by atoms with van der Waals surface area (Å²) < 4.78 is 2.04. The molecule has 2 aromatic rings. The average Bonchev–Trinajstić information content (AvgIpc) is 2.68. The number of rotatable bonds is 5. The van der Waals surface area contributed by atoms with E-state index in [1.165, 1.54) is 0 Å². The molecule has 4 heteroatoms. The molecule has 1 aromatic carbocycles. The molecule has 0 N–H and O–H groups in total. The van der Waals surface area contributed by atoms with E-state index < -0.39 is 0 Å². The quantitative estimate of drug-likeness (QED) is 0.808. The maximum Gasteiger partial charge on any atom is 0.129 e. The van der Waals surface area contributed by atoms with E-state index >= 15 is 0 Å². The molecule has 0 amide bonds. The number of carbonyl (C=O) groups excluding carboxylic acids is 1. The Morgan fingerprint density at radius 2 is 2.22 bits per heavy atom. The molecule has 0 spiro atoms. The Morgan fingerprint density at radius 1 is 1.44 bits per heavy atom. The summed E-state index contributed by atoms with van der Waals surface area (Å²) in [5, 5.41) is 8.83. The van der Waals surface area contributed by atoms with Crippen LogP contribution < -0.4 is 0 Å². The number of aromatic nitrogens is 2. The average molecular weight is 241 g/mol. The monoisotopic (exact) mass is 241 g/mol. The van der Waals surface area contributed by atoms with Gasteiger partial charge in [-0.2, -0.15) is 5.26 Å². The summed E-state index contributed by atoms with van der Waals surface area (Å²) in [6.07, 6.45) is 1.65. The Bertz CT molecular complexity index is 607. The van der Waals surface area contributed by atoms with Crippen LogP contribution in [-0.2, 0) is 17.8 Å². The first-order valence-corrected chi connectivity index (χ1v) is 6.03. The van der Waals surface area contributed by atoms with Crippen LogP contribution in [0.1, 0.15) is 25.6 Å². The van der Waals surface area contributed by atoms with E-state index in [4.69, 9.17) is 5.26 Å². The Kier molecular flexibility index (Phi) is 3.73. The van der Waals surface area contributed by atoms with Crippen LogP contribution >= 0.6 is 0 Å². The van der Waals surface area contributed by atoms with Crippen molar-refractivity contribution < 1.29 is 4.79 Å². The molecule has 92 valence electrons. The van der Waals surface area contributed by atoms with Crippen LogP contribution in [0.4, 0.5) is 0 Å². The number of fused-ring (bicyclic) bond motifs is 1. The van der Waals surface area contributed by atoms with Crippen LogP contribution in [0.15, 0.2) is 24.3 Å². The summed E-state index contributed by atoms with van der Waals surface area (Å²) in [5.41, 5.74) is 1.94. The first kappa shape index (κ1) is 12.3. The number of Topliss-reactive ketones (excluding diaryl/α,β-unsaturated/α-hetero) is 1. The largest absolute Gasteiger partial charge is 0.327 e. The third kappa shape index (κ3) is 2.57. The Morgan fingerprint density at radius 3 is 2.94 bits per heavy atom. The van der Waals surface area contributed by atoms with Gasteiger partial charge in [0.2, 0.25) is 0 Å². The molecule has 0 unspecified atom stereocenters. The standard InChI is InChI=1S/C14H15N3O/c1-11(18)5-4-10-17-13-7-3-2-6-12(13)16-14(17)8-9-15/h2-3,6-7H,4-5,8,10H2,1H3. The van der Waals surface area contributed by atoms with Crippen LogP contribution in [0.5, 0.6) is 0 Å². The van der Waals surface area contributed by atoms with Gasteiger partial charge in [0.25, 0.3) is 0 Å². The second kappa shape index (κ2) is 5.46. The molecule has 0 radical (unpaired) electrons. The molecule has 4 nitrogen and oxygen atoms in total. The fourth-order valence-electron chi connectivity index (χ4n) is 2.07. The number of para-hydroxylation sites is 2. The maximum atomic E-state index is 11.0. The van der Waals surface area contributed by atoms with Gasteiger partial charge in [0.15, 0.2) is 0 Å². The van der Waals surface area contributed by atoms with Crippen LogP contribution in [0.25, 0.3) is 11.0 Å². The van der Waals surface area contributed by atoms with E-state index in [1.54, 1.807) is 6.92 Å². The van der Waals surface area contributed by atoms with E-state index in [0.717, 1.165) is 29.8 Å². The van der Waals surface area contributed by atoms with Gasteiger partial charge in [0.05, 0.1) is 23.5 Å². The smallest absolute Gasteiger partial charge is 0.129 e. The minimum absolute atomic E-state index is 0.196. The van der Waals surface area contributed by atoms with Gasteiger partial charge in [-0.1, -0.05) is 12.1 Å². The van der Waals surface area contributed by atoms with Crippen molar-refractivity contribution in [3.63, 3.8) is 0 Å². The summed E-state index contributed by atoms with van der Waals surface area (Å²) in [6.45, 7) is 2.33. The summed E-state index contributed by atoms with van der Waals surface area (Å²) in [5.74, 6) is 0.975. The van der Waals surface area contributed by atoms with E-state index in [-0.39, 0.29) is 5.78 Å². The topological polar surface area (TPSA) is 58.7 Å². The number of carbonyl (C=O) groups is 1. The number of imidazole rings is 1. The lowest BCUT2D eigenvalue weighted by Crippen LogP contribution is -2.05. The first-order chi connectivity index (χ1) is 8.72. The van der Waals surface area contributed by atoms with Gasteiger partial charge in [-0.15, -0.1) is 0 Å². The molecule has 0 atom stereocenters. The number of ketones is 1. The van der Waals surface area contributed by atoms with Crippen molar-refractivity contribution in [3.8, 4) is 6.07 Å². The zero-order valence-electron chi connectivity index (χ0n) is 10.4. The lowest BCUT2D eigenvalue weighted by atomic mass is 10.2. The lowest BCUT2D eigenvalue weighted by molar-refractivity contribution is -0.117. The number of nitriles is 1. The Hall–Kier alpha value is -2.15. The summed E-state index contributed by atoms with van der Waals surface area (Å²) in [7, 11) is 0. The molecule has 0 aliphatic heterocycles. The minimum Gasteiger partial charge on any atom is -0.327 e. The van der Waals surface area contributed by atoms with E-state index in [1.807, 2.05) is 28.8 Å². The highest BCUT2D eigenvalue weighted by molar-refractivity contribution is 5.76. The van der Waals surface area contributed by atoms with Gasteiger partial charge in [-0.3, -0.25) is 0 Å². The Labute approximate surface area is 106 Å². The predicted molar refractivity (Wildman–Crippen MR) is 69.0 cm³/mol. The van der Waals surface area contributed by atoms with Crippen molar-refractivity contribution in [2.75, 3.05) is 0 Å². The van der Waals surface area contributed by atoms with Gasteiger partial charge in [0.1, 0.15) is 11.6 Å². The van der Waals surface area contributed by atoms with E-state index in [0.29, 0.717) is 12.8 Å². The van der Waals surface area contributed by atoms with E-state index in [9.17, 15) is 4.79 Å². The minimum atomic E-state index is 0.196. The van der Waals surface area contributed by atoms with Crippen molar-refractivity contribution in [2.45, 2.75) is 32.7 Å². The maximum absolute atomic E-state index is 11.0. The fourth-order valence-corrected chi connectivity index (χ4v) is 2.07. The lowest BCUT2D eigenvalue weighted by Gasteiger charge is -2.06. The highest BCUT2D eigenvalue weighted by Gasteiger charge is 2.09. The van der Waals surface area contributed by atoms with Crippen LogP contribution in [0.3, 0.4) is 0 Å². The number of nitrogens with zero attached hydrogens (tertiary/aromatic N) is 3. The van der Waals surface area contributed by atoms with Crippen LogP contribution in [0.2, 0.25) is 0 Å². The molecule has 0 saturated heterocycles. The Balaban J connectivity index is 2.30. The molecule has 1 aromatic heterocycles. The molecule has 0 aliphatic rings. The van der Waals surface area contributed by atoms with Crippen molar-refractivity contribution >= 4 is 16.8 Å². The molecule has 0 saturated carbocycles. The highest BCUT2D eigenvalue weighted by Crippen LogP contribution is 2.17. The molecule has 1 heterocycles. The van der Waals surface area contributed by atoms with Crippen LogP contribution in [-0.4, -0.2) is 15.3 Å². The van der Waals surface area contributed by atoms with Crippen molar-refractivity contribution in [3.05, 3.63) is 30.1 Å². The third-order valence-electron chi connectivity index (χ3n) is 2.88. The second-order valence-corrected chi connectivity index (χ2v) is 4.31. The number of benzene rings is 1. The zero-order chi connectivity index (χ0) is 13.0. The molecule has 2 rings (SSSR count). The third-order valence-corrected chi connectivity index (χ3v) is 2.88. The summed E-state index contributed by atoms with van der Waals surface area (Å²) >= 11 is 0. The molecule has 0 aliphatic carbocycles. The molecule has 18 heavy (non-hydrogen) atoms. The normalized spacial score (nSPS) is 10.4. The van der Waals surface area contributed by atoms with Gasteiger partial charge >= 0.3 is 0 Å². The molecule has 0 bridgehead atoms. The van der Waals surface area contributed by atoms with Gasteiger partial charge in [-0.25, -0.2) is 4.98 Å². The van der Waals surface area contributed by atoms with Gasteiger partial charge in [0, 0.05) is 13.0 Å². The second-order valence-electron chi connectivity index (χ2n) is 4.31. The number of aryl methyl sites for hydroxylation is 1. The zero-order valence-corrected chi connectivity index (χ0v) is 10.4. The molecule has 0 fully saturated rings. The predicted octanol–water partition coefficient (Wildman–Crippen LogP) is 2.47. The van der Waals surface area contributed by atoms with Gasteiger partial charge in [-0.05, 0) is 25.5 Å². The highest BCUT2D eigenvalue weighted by atomic mass is 16.1.